The fraction of sp³-hybridized carbons (Fsp3) is 0.889. The summed E-state index contributed by atoms with van der Waals surface area (Å²) in [5.41, 5.74) is -0.0409. The molecule has 5 heteroatoms. The standard InChI is InChI=1S/C18H28N2O3/c21-16(14-4-5-14)20-11-3-6-18(7-12-23-13-8-18)15(20)17(22)19-9-1-2-10-19/h14-15H,1-13H2. The van der Waals surface area contributed by atoms with Crippen LogP contribution < -0.4 is 0 Å². The first-order valence-corrected chi connectivity index (χ1v) is 9.38. The molecular formula is C18H28N2O3. The van der Waals surface area contributed by atoms with Crippen molar-refractivity contribution < 1.29 is 14.3 Å². The van der Waals surface area contributed by atoms with E-state index in [2.05, 4.69) is 0 Å². The minimum Gasteiger partial charge on any atom is -0.381 e. The minimum absolute atomic E-state index is 0.0409. The van der Waals surface area contributed by atoms with E-state index in [0.29, 0.717) is 0 Å². The fourth-order valence-corrected chi connectivity index (χ4v) is 4.81. The first kappa shape index (κ1) is 15.4. The average molecular weight is 320 g/mol. The van der Waals surface area contributed by atoms with Crippen molar-refractivity contribution in [3.05, 3.63) is 0 Å². The highest BCUT2D eigenvalue weighted by atomic mass is 16.5. The summed E-state index contributed by atoms with van der Waals surface area (Å²) in [6.45, 7) is 3.97. The Morgan fingerprint density at radius 1 is 0.870 bits per heavy atom. The summed E-state index contributed by atoms with van der Waals surface area (Å²) < 4.78 is 5.58. The van der Waals surface area contributed by atoms with Gasteiger partial charge in [-0.15, -0.1) is 0 Å². The Kier molecular flexibility index (Phi) is 4.08. The van der Waals surface area contributed by atoms with Gasteiger partial charge in [0.15, 0.2) is 0 Å². The van der Waals surface area contributed by atoms with Crippen LogP contribution in [-0.4, -0.2) is 60.5 Å². The number of likely N-dealkylation sites (tertiary alicyclic amines) is 2. The Balaban J connectivity index is 1.64. The Bertz CT molecular complexity index is 471. The quantitative estimate of drug-likeness (QED) is 0.780. The van der Waals surface area contributed by atoms with Crippen LogP contribution in [0.3, 0.4) is 0 Å². The van der Waals surface area contributed by atoms with E-state index in [0.717, 1.165) is 84.2 Å². The molecule has 1 spiro atoms. The summed E-state index contributed by atoms with van der Waals surface area (Å²) in [4.78, 5) is 30.2. The average Bonchev–Trinajstić information content (AvgIpc) is 3.28. The predicted octanol–water partition coefficient (Wildman–Crippen LogP) is 1.81. The van der Waals surface area contributed by atoms with Crippen LogP contribution in [0.5, 0.6) is 0 Å². The molecule has 4 fully saturated rings. The molecule has 4 aliphatic rings. The number of piperidine rings is 1. The number of carbonyl (C=O) groups excluding carboxylic acids is 2. The molecule has 0 radical (unpaired) electrons. The highest BCUT2D eigenvalue weighted by Crippen LogP contribution is 2.46. The lowest BCUT2D eigenvalue weighted by atomic mass is 9.67. The molecule has 3 saturated heterocycles. The van der Waals surface area contributed by atoms with E-state index >= 15 is 0 Å². The summed E-state index contributed by atoms with van der Waals surface area (Å²) in [6.07, 6.45) is 8.16. The first-order chi connectivity index (χ1) is 11.2. The number of hydrogen-bond acceptors (Lipinski definition) is 3. The molecule has 1 aliphatic carbocycles. The number of rotatable bonds is 2. The monoisotopic (exact) mass is 320 g/mol. The van der Waals surface area contributed by atoms with Crippen molar-refractivity contribution in [1.29, 1.82) is 0 Å². The number of ether oxygens (including phenoxy) is 1. The summed E-state index contributed by atoms with van der Waals surface area (Å²) in [7, 11) is 0. The zero-order valence-electron chi connectivity index (χ0n) is 14.0. The molecule has 23 heavy (non-hydrogen) atoms. The highest BCUT2D eigenvalue weighted by molar-refractivity contribution is 5.90. The van der Waals surface area contributed by atoms with Crippen molar-refractivity contribution in [3.8, 4) is 0 Å². The molecule has 0 bridgehead atoms. The molecule has 0 aromatic heterocycles. The highest BCUT2D eigenvalue weighted by Gasteiger charge is 2.53. The summed E-state index contributed by atoms with van der Waals surface area (Å²) in [5.74, 6) is 0.657. The fourth-order valence-electron chi connectivity index (χ4n) is 4.81. The summed E-state index contributed by atoms with van der Waals surface area (Å²) in [6, 6.07) is -0.230. The topological polar surface area (TPSA) is 49.9 Å². The van der Waals surface area contributed by atoms with Gasteiger partial charge in [-0.25, -0.2) is 0 Å². The summed E-state index contributed by atoms with van der Waals surface area (Å²) >= 11 is 0. The Hall–Kier alpha value is -1.10. The lowest BCUT2D eigenvalue weighted by Crippen LogP contribution is -2.62. The zero-order valence-corrected chi connectivity index (χ0v) is 14.0. The van der Waals surface area contributed by atoms with E-state index in [1.807, 2.05) is 9.80 Å². The van der Waals surface area contributed by atoms with E-state index in [1.165, 1.54) is 0 Å². The summed E-state index contributed by atoms with van der Waals surface area (Å²) in [5, 5.41) is 0. The second-order valence-electron chi connectivity index (χ2n) is 7.82. The van der Waals surface area contributed by atoms with Crippen LogP contribution >= 0.6 is 0 Å². The molecular weight excluding hydrogens is 292 g/mol. The third kappa shape index (κ3) is 2.77. The van der Waals surface area contributed by atoms with Crippen molar-refractivity contribution >= 4 is 11.8 Å². The van der Waals surface area contributed by atoms with E-state index < -0.39 is 0 Å². The van der Waals surface area contributed by atoms with E-state index in [9.17, 15) is 9.59 Å². The molecule has 1 saturated carbocycles. The maximum Gasteiger partial charge on any atom is 0.245 e. The number of hydrogen-bond donors (Lipinski definition) is 0. The molecule has 0 aromatic carbocycles. The Morgan fingerprint density at radius 3 is 2.22 bits per heavy atom. The van der Waals surface area contributed by atoms with E-state index in [4.69, 9.17) is 4.74 Å². The predicted molar refractivity (Wildman–Crippen MR) is 85.8 cm³/mol. The van der Waals surface area contributed by atoms with Gasteiger partial charge in [-0.05, 0) is 51.4 Å². The molecule has 5 nitrogen and oxygen atoms in total. The Morgan fingerprint density at radius 2 is 1.57 bits per heavy atom. The normalized spacial score (nSPS) is 30.7. The minimum atomic E-state index is -0.230. The van der Waals surface area contributed by atoms with Gasteiger partial charge < -0.3 is 14.5 Å². The van der Waals surface area contributed by atoms with E-state index in [1.54, 1.807) is 0 Å². The van der Waals surface area contributed by atoms with Crippen LogP contribution in [0.2, 0.25) is 0 Å². The van der Waals surface area contributed by atoms with Gasteiger partial charge in [0.25, 0.3) is 0 Å². The van der Waals surface area contributed by atoms with Crippen molar-refractivity contribution in [1.82, 2.24) is 9.80 Å². The maximum absolute atomic E-state index is 13.3. The smallest absolute Gasteiger partial charge is 0.245 e. The second-order valence-corrected chi connectivity index (χ2v) is 7.82. The van der Waals surface area contributed by atoms with Crippen molar-refractivity contribution in [2.24, 2.45) is 11.3 Å². The molecule has 128 valence electrons. The maximum atomic E-state index is 13.3. The molecule has 1 atom stereocenters. The zero-order chi connectivity index (χ0) is 15.9. The second kappa shape index (κ2) is 6.08. The van der Waals surface area contributed by atoms with Crippen LogP contribution in [0.25, 0.3) is 0 Å². The molecule has 3 aliphatic heterocycles. The molecule has 4 rings (SSSR count). The lowest BCUT2D eigenvalue weighted by Gasteiger charge is -2.51. The SMILES string of the molecule is O=C(C1N(C(=O)C2CC2)CCCC12CCOCC2)N1CCCC1. The number of amides is 2. The largest absolute Gasteiger partial charge is 0.381 e. The molecule has 0 aromatic rings. The Labute approximate surface area is 138 Å². The first-order valence-electron chi connectivity index (χ1n) is 9.38. The van der Waals surface area contributed by atoms with Crippen LogP contribution in [0, 0.1) is 11.3 Å². The van der Waals surface area contributed by atoms with Gasteiger partial charge in [-0.3, -0.25) is 9.59 Å². The van der Waals surface area contributed by atoms with Gasteiger partial charge >= 0.3 is 0 Å². The molecule has 3 heterocycles. The molecule has 2 amide bonds. The van der Waals surface area contributed by atoms with Gasteiger partial charge in [0.1, 0.15) is 6.04 Å². The van der Waals surface area contributed by atoms with Crippen molar-refractivity contribution in [3.63, 3.8) is 0 Å². The molecule has 0 N–H and O–H groups in total. The van der Waals surface area contributed by atoms with Crippen LogP contribution in [-0.2, 0) is 14.3 Å². The van der Waals surface area contributed by atoms with Crippen molar-refractivity contribution in [2.75, 3.05) is 32.8 Å². The van der Waals surface area contributed by atoms with E-state index in [-0.39, 0.29) is 29.2 Å². The van der Waals surface area contributed by atoms with Gasteiger partial charge in [0.05, 0.1) is 0 Å². The third-order valence-corrected chi connectivity index (χ3v) is 6.32. The van der Waals surface area contributed by atoms with Crippen LogP contribution in [0.4, 0.5) is 0 Å². The van der Waals surface area contributed by atoms with Crippen LogP contribution in [0.1, 0.15) is 51.4 Å². The van der Waals surface area contributed by atoms with Gasteiger partial charge in [-0.1, -0.05) is 0 Å². The molecule has 1 unspecified atom stereocenters. The van der Waals surface area contributed by atoms with Crippen molar-refractivity contribution in [2.45, 2.75) is 57.4 Å². The van der Waals surface area contributed by atoms with Gasteiger partial charge in [0.2, 0.25) is 11.8 Å². The van der Waals surface area contributed by atoms with Gasteiger partial charge in [-0.2, -0.15) is 0 Å². The third-order valence-electron chi connectivity index (χ3n) is 6.32. The van der Waals surface area contributed by atoms with Crippen LogP contribution in [0.15, 0.2) is 0 Å². The van der Waals surface area contributed by atoms with Gasteiger partial charge in [0, 0.05) is 44.2 Å². The number of carbonyl (C=O) groups is 2. The number of nitrogens with zero attached hydrogens (tertiary/aromatic N) is 2. The lowest BCUT2D eigenvalue weighted by molar-refractivity contribution is -0.161.